The van der Waals surface area contributed by atoms with Gasteiger partial charge in [0.25, 0.3) is 21.7 Å². The molecule has 0 aliphatic carbocycles. The van der Waals surface area contributed by atoms with Gasteiger partial charge in [-0.05, 0) is 48.5 Å². The van der Waals surface area contributed by atoms with Crippen LogP contribution >= 0.6 is 0 Å². The molecule has 0 aliphatic rings. The fourth-order valence-corrected chi connectivity index (χ4v) is 3.42. The van der Waals surface area contributed by atoms with Crippen LogP contribution in [0.5, 0.6) is 5.75 Å². The maximum Gasteiger partial charge on any atom is 0.501 e. The van der Waals surface area contributed by atoms with Crippen molar-refractivity contribution >= 4 is 33.0 Å². The monoisotopic (exact) mass is 478 g/mol. The molecule has 0 saturated heterocycles. The van der Waals surface area contributed by atoms with E-state index in [9.17, 15) is 31.2 Å². The van der Waals surface area contributed by atoms with E-state index in [-0.39, 0.29) is 18.1 Å². The molecule has 3 rings (SSSR count). The molecule has 0 aliphatic heterocycles. The molecule has 7 nitrogen and oxygen atoms in total. The van der Waals surface area contributed by atoms with E-state index in [1.165, 1.54) is 12.1 Å². The van der Waals surface area contributed by atoms with E-state index < -0.39 is 26.1 Å². The summed E-state index contributed by atoms with van der Waals surface area (Å²) in [5.74, 6) is -0.767. The summed E-state index contributed by atoms with van der Waals surface area (Å²) >= 11 is 0. The predicted octanol–water partition coefficient (Wildman–Crippen LogP) is 4.25. The molecule has 3 aromatic carbocycles. The van der Waals surface area contributed by atoms with Gasteiger partial charge in [0.05, 0.1) is 4.90 Å². The largest absolute Gasteiger partial charge is 0.501 e. The number of nitrogens with one attached hydrogen (secondary N) is 2. The molecule has 3 aromatic rings. The number of ether oxygens (including phenoxy) is 1. The van der Waals surface area contributed by atoms with Crippen LogP contribution in [0, 0.1) is 0 Å². The number of sulfone groups is 1. The molecule has 11 heteroatoms. The van der Waals surface area contributed by atoms with Gasteiger partial charge in [-0.25, -0.2) is 8.42 Å². The zero-order chi connectivity index (χ0) is 24.1. The summed E-state index contributed by atoms with van der Waals surface area (Å²) < 4.78 is 66.1. The standard InChI is InChI=1S/C22H17F3N2O5S/c23-22(24,25)33(30,31)19-11-9-15(10-12-19)21(29)27-17-7-4-8-18(13-17)32-14-20(28)26-16-5-2-1-3-6-16/h1-13H,14H2,(H,26,28)(H,27,29). The van der Waals surface area contributed by atoms with Gasteiger partial charge in [0.1, 0.15) is 5.75 Å². The minimum atomic E-state index is -5.50. The van der Waals surface area contributed by atoms with E-state index in [0.29, 0.717) is 29.3 Å². The second-order valence-electron chi connectivity index (χ2n) is 6.66. The molecule has 0 spiro atoms. The summed E-state index contributed by atoms with van der Waals surface area (Å²) in [6, 6.07) is 18.3. The van der Waals surface area contributed by atoms with Crippen LogP contribution in [0.3, 0.4) is 0 Å². The third kappa shape index (κ3) is 6.10. The van der Waals surface area contributed by atoms with Gasteiger partial charge in [-0.3, -0.25) is 9.59 Å². The lowest BCUT2D eigenvalue weighted by Crippen LogP contribution is -2.23. The molecule has 0 saturated carbocycles. The molecule has 2 amide bonds. The number of amides is 2. The Bertz CT molecular complexity index is 1250. The SMILES string of the molecule is O=C(COc1cccc(NC(=O)c2ccc(S(=O)(=O)C(F)(F)F)cc2)c1)Nc1ccccc1. The summed E-state index contributed by atoms with van der Waals surface area (Å²) in [5.41, 5.74) is -4.58. The maximum absolute atomic E-state index is 12.6. The van der Waals surface area contributed by atoms with E-state index in [2.05, 4.69) is 10.6 Å². The number of carbonyl (C=O) groups is 2. The summed E-state index contributed by atoms with van der Waals surface area (Å²) in [4.78, 5) is 23.4. The van der Waals surface area contributed by atoms with Crippen molar-refractivity contribution in [3.8, 4) is 5.75 Å². The van der Waals surface area contributed by atoms with E-state index in [4.69, 9.17) is 4.74 Å². The van der Waals surface area contributed by atoms with Crippen LogP contribution in [0.15, 0.2) is 83.8 Å². The summed E-state index contributed by atoms with van der Waals surface area (Å²) in [5, 5.41) is 5.18. The number of benzene rings is 3. The van der Waals surface area contributed by atoms with Crippen LogP contribution in [-0.4, -0.2) is 32.3 Å². The first-order chi connectivity index (χ1) is 15.6. The lowest BCUT2D eigenvalue weighted by atomic mass is 10.2. The fourth-order valence-electron chi connectivity index (χ4n) is 2.65. The van der Waals surface area contributed by atoms with E-state index in [1.54, 1.807) is 36.4 Å². The molecule has 2 N–H and O–H groups in total. The van der Waals surface area contributed by atoms with Crippen LogP contribution in [-0.2, 0) is 14.6 Å². The Morgan fingerprint density at radius 3 is 2.09 bits per heavy atom. The van der Waals surface area contributed by atoms with Gasteiger partial charge in [-0.2, -0.15) is 13.2 Å². The molecule has 0 atom stereocenters. The van der Waals surface area contributed by atoms with Gasteiger partial charge in [0.2, 0.25) is 0 Å². The van der Waals surface area contributed by atoms with Gasteiger partial charge in [-0.15, -0.1) is 0 Å². The minimum absolute atomic E-state index is 0.0512. The van der Waals surface area contributed by atoms with Gasteiger partial charge < -0.3 is 15.4 Å². The number of anilines is 2. The van der Waals surface area contributed by atoms with E-state index >= 15 is 0 Å². The minimum Gasteiger partial charge on any atom is -0.484 e. The molecule has 0 bridgehead atoms. The highest BCUT2D eigenvalue weighted by atomic mass is 32.2. The van der Waals surface area contributed by atoms with Crippen LogP contribution in [0.25, 0.3) is 0 Å². The van der Waals surface area contributed by atoms with Gasteiger partial charge >= 0.3 is 5.51 Å². The zero-order valence-electron chi connectivity index (χ0n) is 16.8. The molecular formula is C22H17F3N2O5S. The molecule has 33 heavy (non-hydrogen) atoms. The van der Waals surface area contributed by atoms with Crippen molar-refractivity contribution in [1.29, 1.82) is 0 Å². The molecule has 0 radical (unpaired) electrons. The Morgan fingerprint density at radius 2 is 1.45 bits per heavy atom. The first-order valence-electron chi connectivity index (χ1n) is 9.37. The normalized spacial score (nSPS) is 11.5. The average Bonchev–Trinajstić information content (AvgIpc) is 2.78. The molecule has 172 valence electrons. The number of halogens is 3. The van der Waals surface area contributed by atoms with Crippen molar-refractivity contribution in [2.75, 3.05) is 17.2 Å². The lowest BCUT2D eigenvalue weighted by molar-refractivity contribution is -0.118. The Hall–Kier alpha value is -3.86. The Kier molecular flexibility index (Phi) is 7.02. The highest BCUT2D eigenvalue weighted by Crippen LogP contribution is 2.30. The van der Waals surface area contributed by atoms with Crippen molar-refractivity contribution in [2.24, 2.45) is 0 Å². The smallest absolute Gasteiger partial charge is 0.484 e. The van der Waals surface area contributed by atoms with Crippen LogP contribution < -0.4 is 15.4 Å². The van der Waals surface area contributed by atoms with Gasteiger partial charge in [-0.1, -0.05) is 24.3 Å². The third-order valence-corrected chi connectivity index (χ3v) is 5.75. The number of carbonyl (C=O) groups excluding carboxylic acids is 2. The lowest BCUT2D eigenvalue weighted by Gasteiger charge is -2.11. The first-order valence-corrected chi connectivity index (χ1v) is 10.8. The second-order valence-corrected chi connectivity index (χ2v) is 8.60. The van der Waals surface area contributed by atoms with Crippen LogP contribution in [0.2, 0.25) is 0 Å². The van der Waals surface area contributed by atoms with Crippen LogP contribution in [0.4, 0.5) is 24.5 Å². The number of rotatable bonds is 7. The zero-order valence-corrected chi connectivity index (χ0v) is 17.6. The van der Waals surface area contributed by atoms with Crippen molar-refractivity contribution in [1.82, 2.24) is 0 Å². The third-order valence-electron chi connectivity index (χ3n) is 4.25. The number of hydrogen-bond donors (Lipinski definition) is 2. The molecule has 0 fully saturated rings. The Balaban J connectivity index is 1.60. The summed E-state index contributed by atoms with van der Waals surface area (Å²) in [6.07, 6.45) is 0. The van der Waals surface area contributed by atoms with Crippen molar-refractivity contribution in [2.45, 2.75) is 10.4 Å². The average molecular weight is 478 g/mol. The van der Waals surface area contributed by atoms with Gasteiger partial charge in [0.15, 0.2) is 6.61 Å². The molecule has 0 unspecified atom stereocenters. The molecule has 0 heterocycles. The first kappa shape index (κ1) is 23.8. The second kappa shape index (κ2) is 9.74. The molecular weight excluding hydrogens is 461 g/mol. The van der Waals surface area contributed by atoms with Crippen LogP contribution in [0.1, 0.15) is 10.4 Å². The summed E-state index contributed by atoms with van der Waals surface area (Å²) in [7, 11) is -5.50. The van der Waals surface area contributed by atoms with Crippen molar-refractivity contribution in [3.63, 3.8) is 0 Å². The van der Waals surface area contributed by atoms with Crippen molar-refractivity contribution in [3.05, 3.63) is 84.4 Å². The summed E-state index contributed by atoms with van der Waals surface area (Å²) in [6.45, 7) is -0.276. The molecule has 0 aromatic heterocycles. The fraction of sp³-hybridized carbons (Fsp3) is 0.0909. The Labute approximate surface area is 187 Å². The van der Waals surface area contributed by atoms with E-state index in [1.807, 2.05) is 6.07 Å². The van der Waals surface area contributed by atoms with E-state index in [0.717, 1.165) is 12.1 Å². The quantitative estimate of drug-likeness (QED) is 0.529. The predicted molar refractivity (Wildman–Crippen MR) is 115 cm³/mol. The highest BCUT2D eigenvalue weighted by molar-refractivity contribution is 7.92. The Morgan fingerprint density at radius 1 is 0.818 bits per heavy atom. The number of para-hydroxylation sites is 1. The number of alkyl halides is 3. The topological polar surface area (TPSA) is 102 Å². The maximum atomic E-state index is 12.6. The number of hydrogen-bond acceptors (Lipinski definition) is 5. The highest BCUT2D eigenvalue weighted by Gasteiger charge is 2.46. The van der Waals surface area contributed by atoms with Crippen molar-refractivity contribution < 1.29 is 35.9 Å². The van der Waals surface area contributed by atoms with Gasteiger partial charge in [0, 0.05) is 23.0 Å².